The highest BCUT2D eigenvalue weighted by Crippen LogP contribution is 2.29. The number of rotatable bonds is 3. The minimum absolute atomic E-state index is 0.0361. The summed E-state index contributed by atoms with van der Waals surface area (Å²) >= 11 is 0. The van der Waals surface area contributed by atoms with Crippen LogP contribution in [0.2, 0.25) is 0 Å². The summed E-state index contributed by atoms with van der Waals surface area (Å²) in [5.41, 5.74) is 3.84. The normalized spacial score (nSPS) is 11.9. The first kappa shape index (κ1) is 15.2. The standard InChI is InChI=1S/C9H10FN3O4S2/c1-18(14,15)13(19(2,16)17)9-4-8(12)7(10)3-6(9)5-11/h3-4H,12H2,1-2H3. The molecular weight excluding hydrogens is 297 g/mol. The van der Waals surface area contributed by atoms with Gasteiger partial charge in [-0.15, -0.1) is 0 Å². The number of hydrogen-bond donors (Lipinski definition) is 1. The van der Waals surface area contributed by atoms with E-state index >= 15 is 0 Å². The number of hydrogen-bond acceptors (Lipinski definition) is 6. The Morgan fingerprint density at radius 1 is 1.21 bits per heavy atom. The second-order valence-electron chi connectivity index (χ2n) is 3.73. The lowest BCUT2D eigenvalue weighted by atomic mass is 10.2. The zero-order valence-electron chi connectivity index (χ0n) is 9.95. The quantitative estimate of drug-likeness (QED) is 0.785. The number of halogens is 1. The van der Waals surface area contributed by atoms with Crippen molar-refractivity contribution in [1.29, 1.82) is 5.26 Å². The molecule has 7 nitrogen and oxygen atoms in total. The van der Waals surface area contributed by atoms with Crippen LogP contribution >= 0.6 is 0 Å². The third-order valence-electron chi connectivity index (χ3n) is 2.03. The first-order chi connectivity index (χ1) is 8.48. The molecule has 0 amide bonds. The van der Waals surface area contributed by atoms with Gasteiger partial charge in [0.2, 0.25) is 20.0 Å². The van der Waals surface area contributed by atoms with Gasteiger partial charge in [0.1, 0.15) is 11.9 Å². The summed E-state index contributed by atoms with van der Waals surface area (Å²) in [6.07, 6.45) is 1.30. The van der Waals surface area contributed by atoms with Crippen molar-refractivity contribution >= 4 is 31.4 Å². The first-order valence-corrected chi connectivity index (χ1v) is 8.37. The van der Waals surface area contributed by atoms with Crippen LogP contribution in [-0.2, 0) is 20.0 Å². The molecule has 0 radical (unpaired) electrons. The SMILES string of the molecule is CS(=O)(=O)N(c1cc(N)c(F)cc1C#N)S(C)(=O)=O. The Kier molecular flexibility index (Phi) is 3.74. The van der Waals surface area contributed by atoms with Gasteiger partial charge in [-0.25, -0.2) is 21.2 Å². The molecular formula is C9H10FN3O4S2. The predicted octanol–water partition coefficient (Wildman–Crippen LogP) is 0.00518. The van der Waals surface area contributed by atoms with Crippen LogP contribution in [0.3, 0.4) is 0 Å². The monoisotopic (exact) mass is 307 g/mol. The molecule has 0 atom stereocenters. The van der Waals surface area contributed by atoms with Gasteiger partial charge in [-0.2, -0.15) is 8.97 Å². The molecule has 0 aliphatic heterocycles. The van der Waals surface area contributed by atoms with Crippen LogP contribution in [0.5, 0.6) is 0 Å². The fourth-order valence-electron chi connectivity index (χ4n) is 1.42. The molecule has 0 fully saturated rings. The maximum absolute atomic E-state index is 13.2. The van der Waals surface area contributed by atoms with E-state index < -0.39 is 42.8 Å². The second-order valence-corrected chi connectivity index (χ2v) is 7.62. The van der Waals surface area contributed by atoms with Crippen molar-refractivity contribution in [2.75, 3.05) is 22.0 Å². The largest absolute Gasteiger partial charge is 0.396 e. The van der Waals surface area contributed by atoms with E-state index in [0.29, 0.717) is 18.6 Å². The second kappa shape index (κ2) is 4.67. The van der Waals surface area contributed by atoms with Crippen molar-refractivity contribution in [2.24, 2.45) is 0 Å². The van der Waals surface area contributed by atoms with Gasteiger partial charge >= 0.3 is 0 Å². The van der Waals surface area contributed by atoms with Gasteiger partial charge in [-0.3, -0.25) is 0 Å². The molecule has 1 aromatic rings. The van der Waals surface area contributed by atoms with E-state index in [1.54, 1.807) is 0 Å². The Balaban J connectivity index is 3.77. The lowest BCUT2D eigenvalue weighted by Crippen LogP contribution is -2.35. The van der Waals surface area contributed by atoms with Crippen molar-refractivity contribution < 1.29 is 21.2 Å². The third kappa shape index (κ3) is 3.12. The van der Waals surface area contributed by atoms with E-state index in [1.807, 2.05) is 0 Å². The van der Waals surface area contributed by atoms with Crippen LogP contribution in [0.25, 0.3) is 0 Å². The first-order valence-electron chi connectivity index (χ1n) is 4.68. The fourth-order valence-corrected chi connectivity index (χ4v) is 4.41. The minimum Gasteiger partial charge on any atom is -0.396 e. The maximum Gasteiger partial charge on any atom is 0.245 e. The minimum atomic E-state index is -4.22. The Bertz CT molecular complexity index is 733. The third-order valence-corrected chi connectivity index (χ3v) is 5.26. The van der Waals surface area contributed by atoms with Crippen molar-refractivity contribution in [2.45, 2.75) is 0 Å². The van der Waals surface area contributed by atoms with E-state index in [-0.39, 0.29) is 3.71 Å². The molecule has 0 unspecified atom stereocenters. The molecule has 0 bridgehead atoms. The highest BCUT2D eigenvalue weighted by molar-refractivity contribution is 8.09. The van der Waals surface area contributed by atoms with Crippen molar-refractivity contribution in [3.8, 4) is 6.07 Å². The molecule has 19 heavy (non-hydrogen) atoms. The van der Waals surface area contributed by atoms with E-state index in [2.05, 4.69) is 0 Å². The summed E-state index contributed by atoms with van der Waals surface area (Å²) in [7, 11) is -8.44. The molecule has 0 aliphatic carbocycles. The average Bonchev–Trinajstić information content (AvgIpc) is 2.18. The zero-order chi connectivity index (χ0) is 15.0. The van der Waals surface area contributed by atoms with E-state index in [9.17, 15) is 21.2 Å². The van der Waals surface area contributed by atoms with Gasteiger partial charge in [-0.1, -0.05) is 0 Å². The Hall–Kier alpha value is -1.86. The fraction of sp³-hybridized carbons (Fsp3) is 0.222. The lowest BCUT2D eigenvalue weighted by Gasteiger charge is -2.21. The van der Waals surface area contributed by atoms with Crippen LogP contribution in [0, 0.1) is 17.1 Å². The van der Waals surface area contributed by atoms with Crippen molar-refractivity contribution in [1.82, 2.24) is 0 Å². The van der Waals surface area contributed by atoms with Crippen LogP contribution in [0.15, 0.2) is 12.1 Å². The summed E-state index contributed by atoms with van der Waals surface area (Å²) in [5.74, 6) is -0.942. The van der Waals surface area contributed by atoms with Gasteiger partial charge in [-0.05, 0) is 12.1 Å². The van der Waals surface area contributed by atoms with Gasteiger partial charge in [0, 0.05) is 0 Å². The summed E-state index contributed by atoms with van der Waals surface area (Å²) in [4.78, 5) is 0. The van der Waals surface area contributed by atoms with E-state index in [4.69, 9.17) is 11.0 Å². The summed E-state index contributed by atoms with van der Waals surface area (Å²) in [6, 6.07) is 2.98. The average molecular weight is 307 g/mol. The Morgan fingerprint density at radius 3 is 2.05 bits per heavy atom. The summed E-state index contributed by atoms with van der Waals surface area (Å²) in [5, 5.41) is 8.84. The Morgan fingerprint density at radius 2 is 1.68 bits per heavy atom. The highest BCUT2D eigenvalue weighted by atomic mass is 32.3. The predicted molar refractivity (Wildman–Crippen MR) is 67.7 cm³/mol. The van der Waals surface area contributed by atoms with Crippen molar-refractivity contribution in [3.63, 3.8) is 0 Å². The number of nitrogens with two attached hydrogens (primary N) is 1. The van der Waals surface area contributed by atoms with Crippen LogP contribution in [0.1, 0.15) is 5.56 Å². The van der Waals surface area contributed by atoms with Crippen LogP contribution < -0.4 is 9.44 Å². The van der Waals surface area contributed by atoms with E-state index in [0.717, 1.165) is 6.07 Å². The topological polar surface area (TPSA) is 121 Å². The van der Waals surface area contributed by atoms with Gasteiger partial charge in [0.25, 0.3) is 0 Å². The highest BCUT2D eigenvalue weighted by Gasteiger charge is 2.30. The zero-order valence-corrected chi connectivity index (χ0v) is 11.6. The molecule has 0 aromatic heterocycles. The molecule has 0 saturated heterocycles. The number of nitriles is 1. The number of nitrogens with zero attached hydrogens (tertiary/aromatic N) is 2. The smallest absolute Gasteiger partial charge is 0.245 e. The molecule has 2 N–H and O–H groups in total. The number of anilines is 2. The summed E-state index contributed by atoms with van der Waals surface area (Å²) in [6.45, 7) is 0. The number of benzene rings is 1. The lowest BCUT2D eigenvalue weighted by molar-refractivity contribution is 0.590. The molecule has 1 aromatic carbocycles. The van der Waals surface area contributed by atoms with Crippen LogP contribution in [-0.4, -0.2) is 29.3 Å². The number of nitrogen functional groups attached to an aromatic ring is 1. The van der Waals surface area contributed by atoms with E-state index in [1.165, 1.54) is 6.07 Å². The van der Waals surface area contributed by atoms with Gasteiger partial charge in [0.05, 0.1) is 29.4 Å². The molecule has 0 heterocycles. The van der Waals surface area contributed by atoms with Gasteiger partial charge in [0.15, 0.2) is 0 Å². The Labute approximate surface area is 110 Å². The summed E-state index contributed by atoms with van der Waals surface area (Å²) < 4.78 is 59.4. The molecule has 104 valence electrons. The molecule has 0 aliphatic rings. The molecule has 1 rings (SSSR count). The maximum atomic E-state index is 13.2. The molecule has 10 heteroatoms. The number of sulfonamides is 2. The molecule has 0 saturated carbocycles. The van der Waals surface area contributed by atoms with Crippen LogP contribution in [0.4, 0.5) is 15.8 Å². The van der Waals surface area contributed by atoms with Gasteiger partial charge < -0.3 is 5.73 Å². The molecule has 0 spiro atoms. The van der Waals surface area contributed by atoms with Crippen molar-refractivity contribution in [3.05, 3.63) is 23.5 Å².